The van der Waals surface area contributed by atoms with Crippen molar-refractivity contribution in [1.29, 1.82) is 0 Å². The van der Waals surface area contributed by atoms with Crippen LogP contribution >= 0.6 is 11.6 Å². The van der Waals surface area contributed by atoms with E-state index in [2.05, 4.69) is 4.90 Å². The van der Waals surface area contributed by atoms with Crippen LogP contribution < -0.4 is 0 Å². The highest BCUT2D eigenvalue weighted by Gasteiger charge is 2.09. The average molecular weight is 276 g/mol. The van der Waals surface area contributed by atoms with Crippen molar-refractivity contribution >= 4 is 21.4 Å². The summed E-state index contributed by atoms with van der Waals surface area (Å²) in [5.74, 6) is 0.688. The Bertz CT molecular complexity index is 419. The van der Waals surface area contributed by atoms with Crippen molar-refractivity contribution in [1.82, 2.24) is 4.90 Å². The van der Waals surface area contributed by atoms with Gasteiger partial charge in [0.15, 0.2) is 0 Å². The topological polar surface area (TPSA) is 37.4 Å². The Morgan fingerprint density at radius 3 is 2.35 bits per heavy atom. The van der Waals surface area contributed by atoms with Crippen LogP contribution in [0.3, 0.4) is 0 Å². The molecule has 1 rings (SSSR count). The largest absolute Gasteiger partial charge is 0.297 e. The van der Waals surface area contributed by atoms with Crippen molar-refractivity contribution in [2.75, 3.05) is 31.0 Å². The quantitative estimate of drug-likeness (QED) is 0.712. The lowest BCUT2D eigenvalue weighted by Crippen LogP contribution is -2.30. The van der Waals surface area contributed by atoms with Crippen LogP contribution in [-0.2, 0) is 16.4 Å². The molecule has 3 nitrogen and oxygen atoms in total. The first-order valence-corrected chi connectivity index (χ1v) is 8.11. The summed E-state index contributed by atoms with van der Waals surface area (Å²) < 4.78 is 22.3. The molecule has 96 valence electrons. The fraction of sp³-hybridized carbons (Fsp3) is 0.500. The van der Waals surface area contributed by atoms with Crippen LogP contribution in [0.4, 0.5) is 0 Å². The molecule has 17 heavy (non-hydrogen) atoms. The van der Waals surface area contributed by atoms with Crippen molar-refractivity contribution in [3.05, 3.63) is 35.9 Å². The Hall–Kier alpha value is -0.580. The normalized spacial score (nSPS) is 11.9. The third-order valence-electron chi connectivity index (χ3n) is 2.43. The Morgan fingerprint density at radius 1 is 1.18 bits per heavy atom. The standard InChI is InChI=1S/C12H18ClNO2S/c1-17(15,16)10-9-14(8-7-13)11-12-5-3-2-4-6-12/h2-6H,7-11H2,1H3. The summed E-state index contributed by atoms with van der Waals surface area (Å²) in [5, 5.41) is 0. The SMILES string of the molecule is CS(=O)(=O)CCN(CCCl)Cc1ccccc1. The van der Waals surface area contributed by atoms with E-state index >= 15 is 0 Å². The minimum absolute atomic E-state index is 0.177. The van der Waals surface area contributed by atoms with E-state index in [-0.39, 0.29) is 5.75 Å². The molecule has 0 N–H and O–H groups in total. The van der Waals surface area contributed by atoms with Gasteiger partial charge >= 0.3 is 0 Å². The number of benzene rings is 1. The first kappa shape index (κ1) is 14.5. The summed E-state index contributed by atoms with van der Waals surface area (Å²) in [6, 6.07) is 9.98. The predicted molar refractivity (Wildman–Crippen MR) is 72.1 cm³/mol. The summed E-state index contributed by atoms with van der Waals surface area (Å²) in [5.41, 5.74) is 1.17. The molecule has 0 atom stereocenters. The van der Waals surface area contributed by atoms with E-state index in [1.807, 2.05) is 30.3 Å². The molecule has 0 aromatic heterocycles. The number of alkyl halides is 1. The van der Waals surface area contributed by atoms with Gasteiger partial charge in [0.25, 0.3) is 0 Å². The van der Waals surface area contributed by atoms with Gasteiger partial charge < -0.3 is 0 Å². The van der Waals surface area contributed by atoms with Gasteiger partial charge in [-0.25, -0.2) is 8.42 Å². The third kappa shape index (κ3) is 6.66. The summed E-state index contributed by atoms with van der Waals surface area (Å²) in [4.78, 5) is 2.06. The highest BCUT2D eigenvalue weighted by Crippen LogP contribution is 2.04. The van der Waals surface area contributed by atoms with E-state index in [1.165, 1.54) is 11.8 Å². The lowest BCUT2D eigenvalue weighted by molar-refractivity contribution is 0.298. The Morgan fingerprint density at radius 2 is 1.82 bits per heavy atom. The Labute approximate surface area is 108 Å². The summed E-state index contributed by atoms with van der Waals surface area (Å²) in [7, 11) is -2.91. The molecule has 0 unspecified atom stereocenters. The van der Waals surface area contributed by atoms with Gasteiger partial charge in [0, 0.05) is 31.8 Å². The van der Waals surface area contributed by atoms with E-state index in [4.69, 9.17) is 11.6 Å². The average Bonchev–Trinajstić information content (AvgIpc) is 2.27. The van der Waals surface area contributed by atoms with Crippen molar-refractivity contribution in [3.8, 4) is 0 Å². The molecule has 0 aliphatic rings. The number of hydrogen-bond donors (Lipinski definition) is 0. The molecule has 0 aliphatic carbocycles. The summed E-state index contributed by atoms with van der Waals surface area (Å²) >= 11 is 5.72. The molecule has 1 aromatic rings. The molecule has 0 heterocycles. The van der Waals surface area contributed by atoms with Crippen molar-refractivity contribution in [2.24, 2.45) is 0 Å². The maximum Gasteiger partial charge on any atom is 0.148 e. The van der Waals surface area contributed by atoms with Crippen LogP contribution in [0.25, 0.3) is 0 Å². The number of sulfone groups is 1. The maximum atomic E-state index is 11.1. The van der Waals surface area contributed by atoms with Crippen LogP contribution in [0.1, 0.15) is 5.56 Å². The lowest BCUT2D eigenvalue weighted by Gasteiger charge is -2.20. The fourth-order valence-electron chi connectivity index (χ4n) is 1.53. The molecule has 0 fully saturated rings. The number of rotatable bonds is 7. The minimum Gasteiger partial charge on any atom is -0.297 e. The van der Waals surface area contributed by atoms with Crippen molar-refractivity contribution < 1.29 is 8.42 Å². The van der Waals surface area contributed by atoms with Gasteiger partial charge in [-0.2, -0.15) is 0 Å². The van der Waals surface area contributed by atoms with E-state index in [9.17, 15) is 8.42 Å². The smallest absolute Gasteiger partial charge is 0.148 e. The summed E-state index contributed by atoms with van der Waals surface area (Å²) in [6.45, 7) is 1.97. The molecule has 0 aliphatic heterocycles. The van der Waals surface area contributed by atoms with Gasteiger partial charge in [0.1, 0.15) is 9.84 Å². The van der Waals surface area contributed by atoms with Gasteiger partial charge in [-0.05, 0) is 5.56 Å². The van der Waals surface area contributed by atoms with Crippen molar-refractivity contribution in [2.45, 2.75) is 6.54 Å². The first-order chi connectivity index (χ1) is 8.01. The monoisotopic (exact) mass is 275 g/mol. The Kier molecular flexibility index (Phi) is 5.95. The summed E-state index contributed by atoms with van der Waals surface area (Å²) in [6.07, 6.45) is 1.26. The molecule has 0 saturated heterocycles. The molecular formula is C12H18ClNO2S. The zero-order valence-corrected chi connectivity index (χ0v) is 11.5. The number of nitrogens with zero attached hydrogens (tertiary/aromatic N) is 1. The molecule has 0 amide bonds. The molecule has 0 spiro atoms. The van der Waals surface area contributed by atoms with E-state index in [0.717, 1.165) is 6.54 Å². The zero-order chi connectivity index (χ0) is 12.7. The molecular weight excluding hydrogens is 258 g/mol. The second-order valence-electron chi connectivity index (χ2n) is 4.08. The van der Waals surface area contributed by atoms with Gasteiger partial charge in [0.05, 0.1) is 5.75 Å². The molecule has 0 saturated carbocycles. The lowest BCUT2D eigenvalue weighted by atomic mass is 10.2. The molecule has 0 radical (unpaired) electrons. The second-order valence-corrected chi connectivity index (χ2v) is 6.72. The zero-order valence-electron chi connectivity index (χ0n) is 9.97. The first-order valence-electron chi connectivity index (χ1n) is 5.51. The van der Waals surface area contributed by atoms with E-state index in [0.29, 0.717) is 19.0 Å². The molecule has 1 aromatic carbocycles. The predicted octanol–water partition coefficient (Wildman–Crippen LogP) is 1.77. The van der Waals surface area contributed by atoms with Crippen LogP contribution in [0.5, 0.6) is 0 Å². The van der Waals surface area contributed by atoms with Gasteiger partial charge in [-0.3, -0.25) is 4.90 Å². The van der Waals surface area contributed by atoms with Crippen LogP contribution in [0.15, 0.2) is 30.3 Å². The minimum atomic E-state index is -2.91. The van der Waals surface area contributed by atoms with Crippen LogP contribution in [-0.4, -0.2) is 44.3 Å². The Balaban J connectivity index is 2.54. The highest BCUT2D eigenvalue weighted by atomic mass is 35.5. The second kappa shape index (κ2) is 6.99. The maximum absolute atomic E-state index is 11.1. The van der Waals surface area contributed by atoms with Crippen LogP contribution in [0.2, 0.25) is 0 Å². The van der Waals surface area contributed by atoms with E-state index < -0.39 is 9.84 Å². The van der Waals surface area contributed by atoms with Gasteiger partial charge in [0.2, 0.25) is 0 Å². The van der Waals surface area contributed by atoms with Gasteiger partial charge in [-0.1, -0.05) is 30.3 Å². The van der Waals surface area contributed by atoms with Crippen molar-refractivity contribution in [3.63, 3.8) is 0 Å². The van der Waals surface area contributed by atoms with E-state index in [1.54, 1.807) is 0 Å². The van der Waals surface area contributed by atoms with Crippen LogP contribution in [0, 0.1) is 0 Å². The highest BCUT2D eigenvalue weighted by molar-refractivity contribution is 7.90. The molecule has 5 heteroatoms. The third-order valence-corrected chi connectivity index (χ3v) is 3.52. The molecule has 0 bridgehead atoms. The number of halogens is 1. The van der Waals surface area contributed by atoms with Gasteiger partial charge in [-0.15, -0.1) is 11.6 Å². The fourth-order valence-corrected chi connectivity index (χ4v) is 2.35. The number of hydrogen-bond acceptors (Lipinski definition) is 3.